The van der Waals surface area contributed by atoms with E-state index in [2.05, 4.69) is 31.4 Å². The van der Waals surface area contributed by atoms with Gasteiger partial charge in [0.25, 0.3) is 5.91 Å². The molecular formula is C24H24Cl2N2O2S. The summed E-state index contributed by atoms with van der Waals surface area (Å²) >= 11 is 14.0. The molecular weight excluding hydrogens is 451 g/mol. The average molecular weight is 475 g/mol. The topological polar surface area (TPSA) is 54.3 Å². The number of furan rings is 1. The van der Waals surface area contributed by atoms with Crippen molar-refractivity contribution < 1.29 is 9.21 Å². The molecule has 0 spiro atoms. The molecule has 0 fully saturated rings. The Morgan fingerprint density at radius 1 is 1.13 bits per heavy atom. The largest absolute Gasteiger partial charge is 0.457 e. The molecule has 4 nitrogen and oxygen atoms in total. The Labute approximate surface area is 195 Å². The molecule has 162 valence electrons. The fourth-order valence-electron chi connectivity index (χ4n) is 4.52. The Morgan fingerprint density at radius 3 is 2.68 bits per heavy atom. The zero-order chi connectivity index (χ0) is 21.9. The number of halogens is 2. The van der Waals surface area contributed by atoms with E-state index in [0.717, 1.165) is 35.4 Å². The van der Waals surface area contributed by atoms with Crippen LogP contribution in [-0.4, -0.2) is 5.91 Å². The third-order valence-corrected chi connectivity index (χ3v) is 8.11. The van der Waals surface area contributed by atoms with E-state index in [1.54, 1.807) is 23.5 Å². The monoisotopic (exact) mass is 474 g/mol. The molecule has 2 aromatic heterocycles. The van der Waals surface area contributed by atoms with E-state index < -0.39 is 6.17 Å². The average Bonchev–Trinajstić information content (AvgIpc) is 3.31. The van der Waals surface area contributed by atoms with Crippen LogP contribution in [0.1, 0.15) is 59.9 Å². The minimum absolute atomic E-state index is 0.0343. The first-order valence-electron chi connectivity index (χ1n) is 10.5. The Bertz CT molecular complexity index is 1170. The maximum atomic E-state index is 13.0. The fraction of sp³-hybridized carbons (Fsp3) is 0.375. The highest BCUT2D eigenvalue weighted by Crippen LogP contribution is 2.46. The number of thiophene rings is 1. The molecule has 0 radical (unpaired) electrons. The zero-order valence-electron chi connectivity index (χ0n) is 17.6. The summed E-state index contributed by atoms with van der Waals surface area (Å²) < 4.78 is 6.06. The van der Waals surface area contributed by atoms with Crippen LogP contribution < -0.4 is 10.6 Å². The van der Waals surface area contributed by atoms with Crippen LogP contribution in [0, 0.1) is 11.3 Å². The summed E-state index contributed by atoms with van der Waals surface area (Å²) in [6.45, 7) is 6.91. The van der Waals surface area contributed by atoms with Crippen molar-refractivity contribution in [1.82, 2.24) is 5.32 Å². The molecule has 1 aliphatic heterocycles. The second kappa shape index (κ2) is 7.58. The first-order valence-corrected chi connectivity index (χ1v) is 12.0. The third kappa shape index (κ3) is 3.77. The SMILES string of the molecule is CC(C)(C)[C@@H]1CCc2c(sc3c2C(=O)N[C@@H](c2ccc(-c4ccc(Cl)cc4Cl)o2)N3)C1. The van der Waals surface area contributed by atoms with Crippen LogP contribution in [0.25, 0.3) is 11.3 Å². The van der Waals surface area contributed by atoms with Crippen LogP contribution in [0.2, 0.25) is 10.0 Å². The van der Waals surface area contributed by atoms with E-state index in [4.69, 9.17) is 27.6 Å². The number of fused-ring (bicyclic) bond motifs is 3. The van der Waals surface area contributed by atoms with E-state index in [1.165, 1.54) is 10.4 Å². The first-order chi connectivity index (χ1) is 14.7. The van der Waals surface area contributed by atoms with Crippen molar-refractivity contribution in [2.75, 3.05) is 5.32 Å². The lowest BCUT2D eigenvalue weighted by Gasteiger charge is -2.34. The highest BCUT2D eigenvalue weighted by Gasteiger charge is 2.37. The first kappa shape index (κ1) is 20.9. The molecule has 3 aromatic rings. The predicted octanol–water partition coefficient (Wildman–Crippen LogP) is 7.32. The van der Waals surface area contributed by atoms with E-state index in [1.807, 2.05) is 18.2 Å². The van der Waals surface area contributed by atoms with Crippen molar-refractivity contribution in [1.29, 1.82) is 0 Å². The van der Waals surface area contributed by atoms with Crippen molar-refractivity contribution in [2.45, 2.75) is 46.2 Å². The van der Waals surface area contributed by atoms with Gasteiger partial charge in [-0.3, -0.25) is 4.79 Å². The zero-order valence-corrected chi connectivity index (χ0v) is 20.0. The highest BCUT2D eigenvalue weighted by atomic mass is 35.5. The van der Waals surface area contributed by atoms with Gasteiger partial charge in [-0.25, -0.2) is 0 Å². The summed E-state index contributed by atoms with van der Waals surface area (Å²) in [7, 11) is 0. The van der Waals surface area contributed by atoms with Crippen LogP contribution in [0.3, 0.4) is 0 Å². The van der Waals surface area contributed by atoms with Crippen LogP contribution in [0.5, 0.6) is 0 Å². The normalized spacial score (nSPS) is 20.6. The fourth-order valence-corrected chi connectivity index (χ4v) is 6.38. The Morgan fingerprint density at radius 2 is 1.94 bits per heavy atom. The van der Waals surface area contributed by atoms with E-state index in [0.29, 0.717) is 27.5 Å². The van der Waals surface area contributed by atoms with E-state index in [-0.39, 0.29) is 11.3 Å². The molecule has 1 amide bonds. The number of hydrogen-bond donors (Lipinski definition) is 2. The predicted molar refractivity (Wildman–Crippen MR) is 127 cm³/mol. The lowest BCUT2D eigenvalue weighted by Crippen LogP contribution is -2.38. The van der Waals surface area contributed by atoms with Gasteiger partial charge in [0.15, 0.2) is 6.17 Å². The van der Waals surface area contributed by atoms with Crippen LogP contribution in [0.4, 0.5) is 5.00 Å². The lowest BCUT2D eigenvalue weighted by atomic mass is 9.72. The van der Waals surface area contributed by atoms with E-state index >= 15 is 0 Å². The van der Waals surface area contributed by atoms with Crippen molar-refractivity contribution in [3.63, 3.8) is 0 Å². The standard InChI is InChI=1S/C24H24Cl2N2O2S/c1-24(2,3)12-4-6-15-19(10-12)31-23-20(15)22(29)27-21(28-23)18-9-8-17(30-18)14-7-5-13(25)11-16(14)26/h5,7-9,11-12,21,28H,4,6,10H2,1-3H3,(H,27,29)/t12-,21-/m1/s1. The number of benzene rings is 1. The number of hydrogen-bond acceptors (Lipinski definition) is 4. The van der Waals surface area contributed by atoms with Gasteiger partial charge in [-0.1, -0.05) is 44.0 Å². The van der Waals surface area contributed by atoms with E-state index in [9.17, 15) is 4.79 Å². The Balaban J connectivity index is 1.42. The third-order valence-electron chi connectivity index (χ3n) is 6.38. The molecule has 0 saturated carbocycles. The Kier molecular flexibility index (Phi) is 5.11. The molecule has 2 aliphatic rings. The number of rotatable bonds is 2. The van der Waals surface area contributed by atoms with Gasteiger partial charge >= 0.3 is 0 Å². The van der Waals surface area contributed by atoms with Crippen molar-refractivity contribution in [2.24, 2.45) is 11.3 Å². The molecule has 7 heteroatoms. The number of carbonyl (C=O) groups is 1. The maximum absolute atomic E-state index is 13.0. The second-order valence-electron chi connectivity index (χ2n) is 9.39. The minimum atomic E-state index is -0.418. The maximum Gasteiger partial charge on any atom is 0.256 e. The molecule has 5 rings (SSSR count). The summed E-state index contributed by atoms with van der Waals surface area (Å²) in [4.78, 5) is 14.4. The smallest absolute Gasteiger partial charge is 0.256 e. The quantitative estimate of drug-likeness (QED) is 0.408. The summed E-state index contributed by atoms with van der Waals surface area (Å²) in [6.07, 6.45) is 2.71. The van der Waals surface area contributed by atoms with Gasteiger partial charge in [0, 0.05) is 15.5 Å². The molecule has 1 aromatic carbocycles. The van der Waals surface area contributed by atoms with Crippen LogP contribution in [-0.2, 0) is 12.8 Å². The second-order valence-corrected chi connectivity index (χ2v) is 11.3. The summed E-state index contributed by atoms with van der Waals surface area (Å²) in [5.41, 5.74) is 3.07. The lowest BCUT2D eigenvalue weighted by molar-refractivity contribution is 0.0930. The molecule has 0 saturated heterocycles. The summed E-state index contributed by atoms with van der Waals surface area (Å²) in [5.74, 6) is 1.87. The number of anilines is 1. The van der Waals surface area contributed by atoms with Gasteiger partial charge in [-0.05, 0) is 66.5 Å². The van der Waals surface area contributed by atoms with Gasteiger partial charge in [0.05, 0.1) is 10.6 Å². The summed E-state index contributed by atoms with van der Waals surface area (Å²) in [5, 5.41) is 8.58. The van der Waals surface area contributed by atoms with Gasteiger partial charge in [0.2, 0.25) is 0 Å². The van der Waals surface area contributed by atoms with Crippen molar-refractivity contribution >= 4 is 45.4 Å². The number of amides is 1. The highest BCUT2D eigenvalue weighted by molar-refractivity contribution is 7.16. The van der Waals surface area contributed by atoms with Crippen molar-refractivity contribution in [3.05, 3.63) is 62.1 Å². The number of carbonyl (C=O) groups excluding carboxylic acids is 1. The molecule has 2 atom stereocenters. The molecule has 31 heavy (non-hydrogen) atoms. The number of nitrogens with one attached hydrogen (secondary N) is 2. The summed E-state index contributed by atoms with van der Waals surface area (Å²) in [6, 6.07) is 9.03. The van der Waals surface area contributed by atoms with Gasteiger partial charge in [-0.2, -0.15) is 0 Å². The van der Waals surface area contributed by atoms with Crippen molar-refractivity contribution in [3.8, 4) is 11.3 Å². The van der Waals surface area contributed by atoms with Gasteiger partial charge < -0.3 is 15.1 Å². The van der Waals surface area contributed by atoms with Gasteiger partial charge in [-0.15, -0.1) is 11.3 Å². The molecule has 3 heterocycles. The Hall–Kier alpha value is -1.95. The molecule has 1 aliphatic carbocycles. The van der Waals surface area contributed by atoms with Gasteiger partial charge in [0.1, 0.15) is 16.5 Å². The molecule has 2 N–H and O–H groups in total. The minimum Gasteiger partial charge on any atom is -0.457 e. The van der Waals surface area contributed by atoms with Crippen LogP contribution >= 0.6 is 34.5 Å². The molecule has 0 bridgehead atoms. The molecule has 0 unspecified atom stereocenters. The van der Waals surface area contributed by atoms with Crippen LogP contribution in [0.15, 0.2) is 34.7 Å².